The van der Waals surface area contributed by atoms with E-state index in [9.17, 15) is 15.0 Å². The van der Waals surface area contributed by atoms with Crippen LogP contribution in [0.4, 0.5) is 0 Å². The standard InChI is InChI=1S/C16H19NO3/c1-16(2,10-18)17(3)15(20)13-9-8-11-6-4-5-7-12(11)14(13)19/h4-9,18-19H,10H2,1-3H3. The van der Waals surface area contributed by atoms with E-state index >= 15 is 0 Å². The second kappa shape index (κ2) is 5.13. The Morgan fingerprint density at radius 3 is 2.50 bits per heavy atom. The summed E-state index contributed by atoms with van der Waals surface area (Å²) in [5.41, 5.74) is -0.442. The largest absolute Gasteiger partial charge is 0.506 e. The maximum absolute atomic E-state index is 12.5. The highest BCUT2D eigenvalue weighted by Gasteiger charge is 2.29. The average Bonchev–Trinajstić information content (AvgIpc) is 2.46. The van der Waals surface area contributed by atoms with Crippen molar-refractivity contribution < 1.29 is 15.0 Å². The molecule has 0 aliphatic carbocycles. The van der Waals surface area contributed by atoms with Gasteiger partial charge in [0.25, 0.3) is 5.91 Å². The van der Waals surface area contributed by atoms with Crippen LogP contribution < -0.4 is 0 Å². The number of rotatable bonds is 3. The molecule has 0 bridgehead atoms. The van der Waals surface area contributed by atoms with Crippen molar-refractivity contribution >= 4 is 16.7 Å². The Hall–Kier alpha value is -2.07. The first-order valence-corrected chi connectivity index (χ1v) is 6.48. The van der Waals surface area contributed by atoms with Crippen LogP contribution in [-0.2, 0) is 0 Å². The van der Waals surface area contributed by atoms with Crippen LogP contribution in [0.5, 0.6) is 5.75 Å². The summed E-state index contributed by atoms with van der Waals surface area (Å²) in [6, 6.07) is 10.8. The Labute approximate surface area is 118 Å². The number of benzene rings is 2. The summed E-state index contributed by atoms with van der Waals surface area (Å²) in [7, 11) is 1.62. The molecule has 0 aromatic heterocycles. The third-order valence-corrected chi connectivity index (χ3v) is 3.73. The predicted octanol–water partition coefficient (Wildman–Crippen LogP) is 2.39. The molecule has 0 aliphatic heterocycles. The smallest absolute Gasteiger partial charge is 0.257 e. The van der Waals surface area contributed by atoms with Crippen LogP contribution in [0.2, 0.25) is 0 Å². The second-order valence-corrected chi connectivity index (χ2v) is 5.52. The van der Waals surface area contributed by atoms with E-state index in [0.717, 1.165) is 5.39 Å². The third-order valence-electron chi connectivity index (χ3n) is 3.73. The van der Waals surface area contributed by atoms with Crippen LogP contribution in [0.3, 0.4) is 0 Å². The number of aliphatic hydroxyl groups excluding tert-OH is 1. The summed E-state index contributed by atoms with van der Waals surface area (Å²) in [6.45, 7) is 3.38. The summed E-state index contributed by atoms with van der Waals surface area (Å²) >= 11 is 0. The van der Waals surface area contributed by atoms with Crippen molar-refractivity contribution in [3.8, 4) is 5.75 Å². The van der Waals surface area contributed by atoms with Crippen molar-refractivity contribution in [1.82, 2.24) is 4.90 Å². The molecule has 4 nitrogen and oxygen atoms in total. The van der Waals surface area contributed by atoms with Crippen molar-refractivity contribution in [2.75, 3.05) is 13.7 Å². The van der Waals surface area contributed by atoms with E-state index in [4.69, 9.17) is 0 Å². The molecule has 0 aliphatic rings. The minimum absolute atomic E-state index is 0.0197. The number of hydrogen-bond donors (Lipinski definition) is 2. The van der Waals surface area contributed by atoms with Gasteiger partial charge in [-0.2, -0.15) is 0 Å². The van der Waals surface area contributed by atoms with Crippen LogP contribution in [0.1, 0.15) is 24.2 Å². The fourth-order valence-corrected chi connectivity index (χ4v) is 1.99. The average molecular weight is 273 g/mol. The Morgan fingerprint density at radius 1 is 1.20 bits per heavy atom. The number of amides is 1. The van der Waals surface area contributed by atoms with Gasteiger partial charge in [-0.15, -0.1) is 0 Å². The zero-order valence-corrected chi connectivity index (χ0v) is 11.9. The zero-order valence-electron chi connectivity index (χ0n) is 11.9. The van der Waals surface area contributed by atoms with Crippen molar-refractivity contribution in [2.45, 2.75) is 19.4 Å². The lowest BCUT2D eigenvalue weighted by atomic mass is 10.0. The van der Waals surface area contributed by atoms with E-state index in [0.29, 0.717) is 5.39 Å². The van der Waals surface area contributed by atoms with E-state index in [1.807, 2.05) is 24.3 Å². The van der Waals surface area contributed by atoms with Crippen LogP contribution in [0.15, 0.2) is 36.4 Å². The molecular weight excluding hydrogens is 254 g/mol. The summed E-state index contributed by atoms with van der Waals surface area (Å²) in [5.74, 6) is -0.332. The molecule has 0 radical (unpaired) electrons. The fraction of sp³-hybridized carbons (Fsp3) is 0.312. The lowest BCUT2D eigenvalue weighted by Crippen LogP contribution is -2.47. The van der Waals surface area contributed by atoms with E-state index in [-0.39, 0.29) is 23.8 Å². The lowest BCUT2D eigenvalue weighted by Gasteiger charge is -2.34. The minimum Gasteiger partial charge on any atom is -0.506 e. The molecule has 0 saturated carbocycles. The normalized spacial score (nSPS) is 11.6. The summed E-state index contributed by atoms with van der Waals surface area (Å²) in [6.07, 6.45) is 0. The van der Waals surface area contributed by atoms with Crippen molar-refractivity contribution in [2.24, 2.45) is 0 Å². The second-order valence-electron chi connectivity index (χ2n) is 5.52. The predicted molar refractivity (Wildman–Crippen MR) is 78.9 cm³/mol. The van der Waals surface area contributed by atoms with Crippen LogP contribution in [-0.4, -0.2) is 40.2 Å². The molecule has 0 unspecified atom stereocenters. The first-order chi connectivity index (χ1) is 9.38. The highest BCUT2D eigenvalue weighted by molar-refractivity contribution is 6.03. The van der Waals surface area contributed by atoms with Crippen LogP contribution in [0.25, 0.3) is 10.8 Å². The van der Waals surface area contributed by atoms with Gasteiger partial charge in [0.05, 0.1) is 17.7 Å². The number of nitrogens with zero attached hydrogens (tertiary/aromatic N) is 1. The van der Waals surface area contributed by atoms with Gasteiger partial charge in [-0.05, 0) is 25.3 Å². The van der Waals surface area contributed by atoms with Crippen molar-refractivity contribution in [3.63, 3.8) is 0 Å². The number of carbonyl (C=O) groups is 1. The zero-order chi connectivity index (χ0) is 14.9. The number of fused-ring (bicyclic) bond motifs is 1. The molecular formula is C16H19NO3. The number of phenolic OH excluding ortho intramolecular Hbond substituents is 1. The third kappa shape index (κ3) is 2.34. The molecule has 2 aromatic carbocycles. The molecule has 0 fully saturated rings. The number of aromatic hydroxyl groups is 1. The topological polar surface area (TPSA) is 60.8 Å². The SMILES string of the molecule is CN(C(=O)c1ccc2ccccc2c1O)C(C)(C)CO. The fourth-order valence-electron chi connectivity index (χ4n) is 1.99. The minimum atomic E-state index is -0.685. The molecule has 106 valence electrons. The highest BCUT2D eigenvalue weighted by Crippen LogP contribution is 2.30. The Morgan fingerprint density at radius 2 is 1.85 bits per heavy atom. The van der Waals surface area contributed by atoms with E-state index in [1.54, 1.807) is 33.0 Å². The molecule has 0 atom stereocenters. The number of aliphatic hydroxyl groups is 1. The van der Waals surface area contributed by atoms with Gasteiger partial charge in [-0.25, -0.2) is 0 Å². The van der Waals surface area contributed by atoms with Crippen LogP contribution >= 0.6 is 0 Å². The van der Waals surface area contributed by atoms with Gasteiger partial charge in [-0.3, -0.25) is 4.79 Å². The van der Waals surface area contributed by atoms with E-state index < -0.39 is 5.54 Å². The molecule has 4 heteroatoms. The molecule has 1 amide bonds. The molecule has 2 aromatic rings. The number of carbonyl (C=O) groups excluding carboxylic acids is 1. The van der Waals surface area contributed by atoms with Gasteiger partial charge in [0.1, 0.15) is 5.75 Å². The summed E-state index contributed by atoms with van der Waals surface area (Å²) in [4.78, 5) is 13.9. The van der Waals surface area contributed by atoms with Gasteiger partial charge >= 0.3 is 0 Å². The monoisotopic (exact) mass is 273 g/mol. The van der Waals surface area contributed by atoms with Gasteiger partial charge in [0.15, 0.2) is 0 Å². The maximum atomic E-state index is 12.5. The Kier molecular flexibility index (Phi) is 3.68. The lowest BCUT2D eigenvalue weighted by molar-refractivity contribution is 0.0471. The molecule has 0 heterocycles. The van der Waals surface area contributed by atoms with Gasteiger partial charge < -0.3 is 15.1 Å². The Bertz CT molecular complexity index is 649. The van der Waals surface area contributed by atoms with Crippen LogP contribution in [0, 0.1) is 0 Å². The van der Waals surface area contributed by atoms with E-state index in [1.165, 1.54) is 4.90 Å². The van der Waals surface area contributed by atoms with Crippen molar-refractivity contribution in [1.29, 1.82) is 0 Å². The molecule has 20 heavy (non-hydrogen) atoms. The van der Waals surface area contributed by atoms with Gasteiger partial charge in [0.2, 0.25) is 0 Å². The first-order valence-electron chi connectivity index (χ1n) is 6.48. The number of hydrogen-bond acceptors (Lipinski definition) is 3. The number of likely N-dealkylation sites (N-methyl/N-ethyl adjacent to an activating group) is 1. The molecule has 0 saturated heterocycles. The maximum Gasteiger partial charge on any atom is 0.257 e. The van der Waals surface area contributed by atoms with Gasteiger partial charge in [-0.1, -0.05) is 30.3 Å². The summed E-state index contributed by atoms with van der Waals surface area (Å²) < 4.78 is 0. The Balaban J connectivity index is 2.48. The molecule has 0 spiro atoms. The molecule has 2 rings (SSSR count). The first kappa shape index (κ1) is 14.3. The van der Waals surface area contributed by atoms with Crippen molar-refractivity contribution in [3.05, 3.63) is 42.0 Å². The number of phenols is 1. The summed E-state index contributed by atoms with van der Waals surface area (Å²) in [5, 5.41) is 21.2. The van der Waals surface area contributed by atoms with E-state index in [2.05, 4.69) is 0 Å². The quantitative estimate of drug-likeness (QED) is 0.902. The molecule has 2 N–H and O–H groups in total. The van der Waals surface area contributed by atoms with Gasteiger partial charge in [0, 0.05) is 12.4 Å². The highest BCUT2D eigenvalue weighted by atomic mass is 16.3.